The minimum absolute atomic E-state index is 0.0688. The van der Waals surface area contributed by atoms with Gasteiger partial charge in [-0.05, 0) is 18.6 Å². The summed E-state index contributed by atoms with van der Waals surface area (Å²) in [5.41, 5.74) is 1.15. The van der Waals surface area contributed by atoms with Gasteiger partial charge in [0.1, 0.15) is 5.75 Å². The first kappa shape index (κ1) is 12.9. The second-order valence-electron chi connectivity index (χ2n) is 4.99. The molecule has 3 heteroatoms. The molecule has 2 atom stereocenters. The van der Waals surface area contributed by atoms with E-state index in [0.29, 0.717) is 23.3 Å². The standard InChI is InChI=1S/C17H16O3/c1-2-14-16(18)13-10-6-7-11-15(13)20-17(14,19)12-8-4-3-5-9-12/h3-11,14,19H,2H2,1H3/t14-,17+/m1/s1. The highest BCUT2D eigenvalue weighted by Gasteiger charge is 2.48. The average molecular weight is 268 g/mol. The molecule has 0 fully saturated rings. The van der Waals surface area contributed by atoms with E-state index >= 15 is 0 Å². The van der Waals surface area contributed by atoms with E-state index in [1.165, 1.54) is 0 Å². The Morgan fingerprint density at radius 1 is 1.10 bits per heavy atom. The van der Waals surface area contributed by atoms with E-state index in [9.17, 15) is 9.90 Å². The predicted octanol–water partition coefficient (Wildman–Crippen LogP) is 3.13. The monoisotopic (exact) mass is 268 g/mol. The number of hydrogen-bond acceptors (Lipinski definition) is 3. The maximum Gasteiger partial charge on any atom is 0.245 e. The molecule has 0 spiro atoms. The summed E-state index contributed by atoms with van der Waals surface area (Å²) in [5.74, 6) is -1.82. The van der Waals surface area contributed by atoms with E-state index in [4.69, 9.17) is 4.74 Å². The van der Waals surface area contributed by atoms with Crippen LogP contribution in [0.3, 0.4) is 0 Å². The summed E-state index contributed by atoms with van der Waals surface area (Å²) in [5, 5.41) is 11.0. The number of ether oxygens (including phenoxy) is 1. The largest absolute Gasteiger partial charge is 0.457 e. The Morgan fingerprint density at radius 3 is 2.45 bits per heavy atom. The number of aliphatic hydroxyl groups is 1. The van der Waals surface area contributed by atoms with E-state index in [2.05, 4.69) is 0 Å². The molecule has 0 aromatic heterocycles. The van der Waals surface area contributed by atoms with Crippen LogP contribution in [0, 0.1) is 5.92 Å². The van der Waals surface area contributed by atoms with E-state index in [0.717, 1.165) is 0 Å². The van der Waals surface area contributed by atoms with Crippen LogP contribution in [0.5, 0.6) is 5.75 Å². The Kier molecular flexibility index (Phi) is 3.07. The molecular formula is C17H16O3. The van der Waals surface area contributed by atoms with Crippen molar-refractivity contribution in [1.29, 1.82) is 0 Å². The Morgan fingerprint density at radius 2 is 1.75 bits per heavy atom. The highest BCUT2D eigenvalue weighted by atomic mass is 16.6. The van der Waals surface area contributed by atoms with Gasteiger partial charge in [-0.2, -0.15) is 0 Å². The number of ketones is 1. The van der Waals surface area contributed by atoms with E-state index in [1.807, 2.05) is 25.1 Å². The number of carbonyl (C=O) groups is 1. The van der Waals surface area contributed by atoms with Crippen molar-refractivity contribution >= 4 is 5.78 Å². The first-order valence-corrected chi connectivity index (χ1v) is 6.77. The molecule has 102 valence electrons. The summed E-state index contributed by atoms with van der Waals surface area (Å²) < 4.78 is 5.81. The third kappa shape index (κ3) is 1.82. The molecule has 1 N–H and O–H groups in total. The summed E-state index contributed by atoms with van der Waals surface area (Å²) >= 11 is 0. The number of carbonyl (C=O) groups excluding carboxylic acids is 1. The number of benzene rings is 2. The zero-order valence-electron chi connectivity index (χ0n) is 11.2. The molecular weight excluding hydrogens is 252 g/mol. The highest BCUT2D eigenvalue weighted by molar-refractivity contribution is 6.02. The zero-order chi connectivity index (χ0) is 14.2. The molecule has 0 saturated heterocycles. The fourth-order valence-electron chi connectivity index (χ4n) is 2.76. The predicted molar refractivity (Wildman–Crippen MR) is 75.5 cm³/mol. The number of fused-ring (bicyclic) bond motifs is 1. The van der Waals surface area contributed by atoms with Crippen LogP contribution >= 0.6 is 0 Å². The molecule has 0 unspecified atom stereocenters. The normalized spacial score (nSPS) is 24.9. The smallest absolute Gasteiger partial charge is 0.245 e. The first-order valence-electron chi connectivity index (χ1n) is 6.77. The van der Waals surface area contributed by atoms with E-state index < -0.39 is 11.7 Å². The van der Waals surface area contributed by atoms with Gasteiger partial charge in [-0.15, -0.1) is 0 Å². The molecule has 1 aliphatic heterocycles. The Hall–Kier alpha value is -2.13. The lowest BCUT2D eigenvalue weighted by Gasteiger charge is -2.39. The van der Waals surface area contributed by atoms with Crippen LogP contribution < -0.4 is 4.74 Å². The molecule has 0 radical (unpaired) electrons. The maximum absolute atomic E-state index is 12.6. The van der Waals surface area contributed by atoms with E-state index in [-0.39, 0.29) is 5.78 Å². The Labute approximate surface area is 117 Å². The van der Waals surface area contributed by atoms with Gasteiger partial charge >= 0.3 is 0 Å². The molecule has 1 aliphatic rings. The van der Waals surface area contributed by atoms with Crippen molar-refractivity contribution in [2.45, 2.75) is 19.1 Å². The van der Waals surface area contributed by atoms with Gasteiger partial charge in [-0.25, -0.2) is 0 Å². The maximum atomic E-state index is 12.6. The minimum Gasteiger partial charge on any atom is -0.457 e. The van der Waals surface area contributed by atoms with Crippen LogP contribution in [0.4, 0.5) is 0 Å². The number of Topliss-reactive ketones (excluding diaryl/α,β-unsaturated/α-hetero) is 1. The molecule has 2 aromatic rings. The fourth-order valence-corrected chi connectivity index (χ4v) is 2.76. The molecule has 0 amide bonds. The SMILES string of the molecule is CC[C@@H]1C(=O)c2ccccc2O[C@@]1(O)c1ccccc1. The summed E-state index contributed by atoms with van der Waals surface area (Å²) in [6.45, 7) is 1.88. The van der Waals surface area contributed by atoms with Crippen molar-refractivity contribution in [1.82, 2.24) is 0 Å². The lowest BCUT2D eigenvalue weighted by Crippen LogP contribution is -2.47. The van der Waals surface area contributed by atoms with Gasteiger partial charge in [0, 0.05) is 5.56 Å². The summed E-state index contributed by atoms with van der Waals surface area (Å²) in [4.78, 5) is 12.6. The van der Waals surface area contributed by atoms with Gasteiger partial charge in [0.2, 0.25) is 5.79 Å². The van der Waals surface area contributed by atoms with Gasteiger partial charge in [0.15, 0.2) is 5.78 Å². The van der Waals surface area contributed by atoms with Crippen LogP contribution in [0.25, 0.3) is 0 Å². The van der Waals surface area contributed by atoms with Gasteiger partial charge in [-0.3, -0.25) is 4.79 Å². The van der Waals surface area contributed by atoms with Crippen LogP contribution in [-0.4, -0.2) is 10.9 Å². The topological polar surface area (TPSA) is 46.5 Å². The minimum atomic E-state index is -1.60. The summed E-state index contributed by atoms with van der Waals surface area (Å²) in [6.07, 6.45) is 0.512. The van der Waals surface area contributed by atoms with Crippen molar-refractivity contribution < 1.29 is 14.6 Å². The second-order valence-corrected chi connectivity index (χ2v) is 4.99. The van der Waals surface area contributed by atoms with Gasteiger partial charge < -0.3 is 9.84 Å². The molecule has 2 aromatic carbocycles. The number of rotatable bonds is 2. The Balaban J connectivity index is 2.15. The van der Waals surface area contributed by atoms with E-state index in [1.54, 1.807) is 36.4 Å². The lowest BCUT2D eigenvalue weighted by molar-refractivity contribution is -0.180. The van der Waals surface area contributed by atoms with Crippen molar-refractivity contribution in [2.24, 2.45) is 5.92 Å². The number of hydrogen-bond donors (Lipinski definition) is 1. The quantitative estimate of drug-likeness (QED) is 0.910. The molecule has 1 heterocycles. The molecule has 20 heavy (non-hydrogen) atoms. The van der Waals surface area contributed by atoms with Crippen LogP contribution in [0.2, 0.25) is 0 Å². The van der Waals surface area contributed by atoms with Crippen molar-refractivity contribution in [3.05, 3.63) is 65.7 Å². The molecule has 0 saturated carbocycles. The van der Waals surface area contributed by atoms with Gasteiger partial charge in [0.25, 0.3) is 0 Å². The van der Waals surface area contributed by atoms with Crippen molar-refractivity contribution in [3.8, 4) is 5.75 Å². The zero-order valence-corrected chi connectivity index (χ0v) is 11.2. The molecule has 3 nitrogen and oxygen atoms in total. The second kappa shape index (κ2) is 4.76. The van der Waals surface area contributed by atoms with Gasteiger partial charge in [0.05, 0.1) is 11.5 Å². The number of para-hydroxylation sites is 1. The molecule has 3 rings (SSSR count). The van der Waals surface area contributed by atoms with Gasteiger partial charge in [-0.1, -0.05) is 49.4 Å². The van der Waals surface area contributed by atoms with Crippen LogP contribution in [-0.2, 0) is 5.79 Å². The fraction of sp³-hybridized carbons (Fsp3) is 0.235. The average Bonchev–Trinajstić information content (AvgIpc) is 2.48. The third-order valence-corrected chi connectivity index (χ3v) is 3.80. The van der Waals surface area contributed by atoms with Crippen molar-refractivity contribution in [2.75, 3.05) is 0 Å². The van der Waals surface area contributed by atoms with Crippen LogP contribution in [0.1, 0.15) is 29.3 Å². The molecule has 0 bridgehead atoms. The lowest BCUT2D eigenvalue weighted by atomic mass is 9.81. The first-order chi connectivity index (χ1) is 9.66. The third-order valence-electron chi connectivity index (χ3n) is 3.80. The molecule has 0 aliphatic carbocycles. The van der Waals surface area contributed by atoms with Crippen LogP contribution in [0.15, 0.2) is 54.6 Å². The highest BCUT2D eigenvalue weighted by Crippen LogP contribution is 2.42. The Bertz CT molecular complexity index is 636. The summed E-state index contributed by atoms with van der Waals surface area (Å²) in [7, 11) is 0. The summed E-state index contributed by atoms with van der Waals surface area (Å²) in [6, 6.07) is 16.1. The van der Waals surface area contributed by atoms with Crippen molar-refractivity contribution in [3.63, 3.8) is 0 Å².